The first-order valence-electron chi connectivity index (χ1n) is 14.4. The van der Waals surface area contributed by atoms with E-state index in [1.807, 2.05) is 66.7 Å². The van der Waals surface area contributed by atoms with E-state index in [2.05, 4.69) is 94.5 Å². The van der Waals surface area contributed by atoms with Crippen molar-refractivity contribution in [3.63, 3.8) is 0 Å². The van der Waals surface area contributed by atoms with Crippen LogP contribution in [0.5, 0.6) is 0 Å². The Morgan fingerprint density at radius 2 is 1.42 bits per heavy atom. The topological polar surface area (TPSA) is 43.6 Å². The number of thiophene rings is 1. The van der Waals surface area contributed by atoms with Crippen molar-refractivity contribution in [3.05, 3.63) is 158 Å². The van der Waals surface area contributed by atoms with E-state index < -0.39 is 0 Å². The second kappa shape index (κ2) is 12.5. The summed E-state index contributed by atoms with van der Waals surface area (Å²) in [7, 11) is 0. The van der Waals surface area contributed by atoms with Crippen LogP contribution in [-0.2, 0) is 20.1 Å². The molecule has 4 aromatic heterocycles. The molecule has 0 aliphatic rings. The second-order valence-electron chi connectivity index (χ2n) is 10.3. The Bertz CT molecular complexity index is 2350. The fourth-order valence-corrected chi connectivity index (χ4v) is 6.72. The van der Waals surface area contributed by atoms with Crippen LogP contribution in [0.25, 0.3) is 70.6 Å². The number of aromatic nitrogens is 4. The molecule has 0 saturated heterocycles. The molecular weight excluding hydrogens is 749 g/mol. The summed E-state index contributed by atoms with van der Waals surface area (Å²) in [5.74, 6) is 0.867. The van der Waals surface area contributed by atoms with E-state index in [0.29, 0.717) is 0 Å². The van der Waals surface area contributed by atoms with Crippen LogP contribution >= 0.6 is 11.3 Å². The number of para-hydroxylation sites is 2. The van der Waals surface area contributed by atoms with Crippen LogP contribution < -0.4 is 0 Å². The quantitative estimate of drug-likeness (QED) is 0.168. The number of nitrogens with zero attached hydrogens (tertiary/aromatic N) is 4. The Labute approximate surface area is 278 Å². The summed E-state index contributed by atoms with van der Waals surface area (Å²) < 4.78 is 4.64. The molecule has 9 rings (SSSR count). The number of hydrogen-bond donors (Lipinski definition) is 0. The van der Waals surface area contributed by atoms with E-state index in [1.165, 1.54) is 20.2 Å². The molecule has 1 radical (unpaired) electrons. The van der Waals surface area contributed by atoms with Gasteiger partial charge >= 0.3 is 0 Å². The Morgan fingerprint density at radius 3 is 2.27 bits per heavy atom. The van der Waals surface area contributed by atoms with Crippen molar-refractivity contribution in [3.8, 4) is 28.3 Å². The third-order valence-corrected chi connectivity index (χ3v) is 8.76. The van der Waals surface area contributed by atoms with Gasteiger partial charge in [-0.15, -0.1) is 54.1 Å². The fraction of sp³-hybridized carbons (Fsp3) is 0. The molecule has 0 bridgehead atoms. The molecule has 5 aromatic carbocycles. The smallest absolute Gasteiger partial charge is 0.156 e. The van der Waals surface area contributed by atoms with Gasteiger partial charge in [0.15, 0.2) is 5.65 Å². The van der Waals surface area contributed by atoms with Gasteiger partial charge in [-0.05, 0) is 52.2 Å². The van der Waals surface area contributed by atoms with Gasteiger partial charge in [0.25, 0.3) is 0 Å². The van der Waals surface area contributed by atoms with Crippen molar-refractivity contribution in [2.24, 2.45) is 0 Å². The maximum atomic E-state index is 5.11. The average molecular weight is 773 g/mol. The maximum Gasteiger partial charge on any atom is 0.156 e. The first-order chi connectivity index (χ1) is 21.8. The van der Waals surface area contributed by atoms with Crippen molar-refractivity contribution in [2.45, 2.75) is 0 Å². The van der Waals surface area contributed by atoms with E-state index in [-0.39, 0.29) is 20.1 Å². The van der Waals surface area contributed by atoms with Crippen LogP contribution in [0.3, 0.4) is 0 Å². The molecule has 45 heavy (non-hydrogen) atoms. The van der Waals surface area contributed by atoms with Crippen molar-refractivity contribution >= 4 is 53.6 Å². The molecule has 217 valence electrons. The van der Waals surface area contributed by atoms with Gasteiger partial charge in [0.1, 0.15) is 0 Å². The van der Waals surface area contributed by atoms with Crippen LogP contribution in [0.2, 0.25) is 0 Å². The van der Waals surface area contributed by atoms with Crippen molar-refractivity contribution in [2.75, 3.05) is 0 Å². The molecule has 0 N–H and O–H groups in total. The largest absolute Gasteiger partial charge is 0.318 e. The molecule has 9 aromatic rings. The van der Waals surface area contributed by atoms with Crippen LogP contribution in [0.4, 0.5) is 0 Å². The van der Waals surface area contributed by atoms with Crippen LogP contribution in [0, 0.1) is 12.1 Å². The van der Waals surface area contributed by atoms with Crippen LogP contribution in [0.1, 0.15) is 0 Å². The molecule has 4 nitrogen and oxygen atoms in total. The molecule has 6 heteroatoms. The molecule has 0 spiro atoms. The van der Waals surface area contributed by atoms with Gasteiger partial charge in [-0.25, -0.2) is 4.98 Å². The van der Waals surface area contributed by atoms with Gasteiger partial charge in [0, 0.05) is 42.1 Å². The summed E-state index contributed by atoms with van der Waals surface area (Å²) >= 11 is 1.79. The molecule has 4 heterocycles. The first kappa shape index (κ1) is 28.8. The zero-order chi connectivity index (χ0) is 29.3. The predicted molar refractivity (Wildman–Crippen MR) is 182 cm³/mol. The zero-order valence-corrected chi connectivity index (χ0v) is 27.1. The standard InChI is InChI=1S/C28H16N3S.C11H8N.Ir/c1-2-10-19(11-3-1)31-27(30-24-17-18-9-4-6-15-23(18)29-28(24)31)22-14-8-13-21-20-12-5-7-16-25(20)32-26(21)22;1-2-6-10(7-3-1)11-8-4-5-9-12-11;/h1-13,15-17H;1-6,8-9H;/q2*-1;. The number of hydrogen-bond acceptors (Lipinski definition) is 4. The van der Waals surface area contributed by atoms with Gasteiger partial charge in [-0.2, -0.15) is 11.3 Å². The van der Waals surface area contributed by atoms with E-state index in [0.717, 1.165) is 50.4 Å². The molecule has 0 aliphatic carbocycles. The average Bonchev–Trinajstić information content (AvgIpc) is 3.67. The van der Waals surface area contributed by atoms with E-state index in [9.17, 15) is 0 Å². The van der Waals surface area contributed by atoms with E-state index in [1.54, 1.807) is 17.5 Å². The van der Waals surface area contributed by atoms with Crippen molar-refractivity contribution < 1.29 is 20.1 Å². The minimum Gasteiger partial charge on any atom is -0.318 e. The van der Waals surface area contributed by atoms with Crippen LogP contribution in [-0.4, -0.2) is 19.5 Å². The summed E-state index contributed by atoms with van der Waals surface area (Å²) in [5.41, 5.74) is 6.77. The minimum atomic E-state index is 0. The Balaban J connectivity index is 0.000000211. The molecule has 0 fully saturated rings. The Kier molecular flexibility index (Phi) is 8.02. The van der Waals surface area contributed by atoms with Crippen molar-refractivity contribution in [1.82, 2.24) is 19.5 Å². The number of benzene rings is 5. The third kappa shape index (κ3) is 5.45. The summed E-state index contributed by atoms with van der Waals surface area (Å²) in [6, 6.07) is 53.7. The molecule has 0 atom stereocenters. The predicted octanol–water partition coefficient (Wildman–Crippen LogP) is 9.96. The van der Waals surface area contributed by atoms with Gasteiger partial charge < -0.3 is 9.55 Å². The fourth-order valence-electron chi connectivity index (χ4n) is 5.53. The minimum absolute atomic E-state index is 0. The molecule has 0 unspecified atom stereocenters. The molecule has 0 aliphatic heterocycles. The summed E-state index contributed by atoms with van der Waals surface area (Å²) in [4.78, 5) is 14.3. The van der Waals surface area contributed by atoms with Gasteiger partial charge in [-0.1, -0.05) is 77.7 Å². The van der Waals surface area contributed by atoms with Gasteiger partial charge in [0.2, 0.25) is 0 Å². The zero-order valence-electron chi connectivity index (χ0n) is 23.9. The maximum absolute atomic E-state index is 5.11. The van der Waals surface area contributed by atoms with Gasteiger partial charge in [-0.3, -0.25) is 4.98 Å². The first-order valence-corrected chi connectivity index (χ1v) is 15.2. The number of imidazole rings is 1. The summed E-state index contributed by atoms with van der Waals surface area (Å²) in [5, 5.41) is 3.60. The number of fused-ring (bicyclic) bond motifs is 5. The van der Waals surface area contributed by atoms with Gasteiger partial charge in [0.05, 0.1) is 16.9 Å². The second-order valence-corrected chi connectivity index (χ2v) is 11.4. The summed E-state index contributed by atoms with van der Waals surface area (Å²) in [6.07, 6.45) is 1.79. The summed E-state index contributed by atoms with van der Waals surface area (Å²) in [6.45, 7) is 0. The number of pyridine rings is 2. The van der Waals surface area contributed by atoms with Crippen LogP contribution in [0.15, 0.2) is 146 Å². The normalized spacial score (nSPS) is 10.9. The monoisotopic (exact) mass is 773 g/mol. The van der Waals surface area contributed by atoms with E-state index in [4.69, 9.17) is 9.97 Å². The SMILES string of the molecule is [Ir].[c-]1ccc2c(sc3ccccc32)c1-c1nc2cc3ccccc3nc2n1-c1ccccc1.[c-]1ccccc1-c1ccccn1. The Hall–Kier alpha value is -5.00. The van der Waals surface area contributed by atoms with Crippen molar-refractivity contribution in [1.29, 1.82) is 0 Å². The molecule has 0 amide bonds. The number of rotatable bonds is 3. The Morgan fingerprint density at radius 1 is 0.622 bits per heavy atom. The van der Waals surface area contributed by atoms with E-state index >= 15 is 0 Å². The molecule has 0 saturated carbocycles. The third-order valence-electron chi connectivity index (χ3n) is 7.56. The molecular formula is C39H24IrN4S-2.